The van der Waals surface area contributed by atoms with Gasteiger partial charge in [-0.15, -0.1) is 0 Å². The second kappa shape index (κ2) is 9.39. The lowest BCUT2D eigenvalue weighted by Crippen LogP contribution is -2.29. The summed E-state index contributed by atoms with van der Waals surface area (Å²) < 4.78 is 14.1. The SMILES string of the molecule is CCOc1cc([C@H]2CC(=O)Nc3ncnn32)ccc1OCC(=O)Nc1ccc(Br)cc1C. The van der Waals surface area contributed by atoms with Gasteiger partial charge in [-0.3, -0.25) is 14.9 Å². The molecule has 0 fully saturated rings. The second-order valence-corrected chi connectivity index (χ2v) is 8.15. The van der Waals surface area contributed by atoms with Crippen LogP contribution in [0.2, 0.25) is 0 Å². The fourth-order valence-corrected chi connectivity index (χ4v) is 3.96. The summed E-state index contributed by atoms with van der Waals surface area (Å²) in [5.41, 5.74) is 2.50. The summed E-state index contributed by atoms with van der Waals surface area (Å²) in [5, 5.41) is 9.77. The molecule has 0 bridgehead atoms. The van der Waals surface area contributed by atoms with Gasteiger partial charge in [-0.05, 0) is 55.3 Å². The molecule has 0 aliphatic carbocycles. The molecule has 2 N–H and O–H groups in total. The third kappa shape index (κ3) is 4.75. The van der Waals surface area contributed by atoms with E-state index in [4.69, 9.17) is 9.47 Å². The van der Waals surface area contributed by atoms with Gasteiger partial charge >= 0.3 is 0 Å². The Balaban J connectivity index is 1.49. The molecule has 0 unspecified atom stereocenters. The molecule has 3 aromatic rings. The van der Waals surface area contributed by atoms with Crippen molar-refractivity contribution in [2.24, 2.45) is 0 Å². The molecule has 4 rings (SSSR count). The molecule has 10 heteroatoms. The van der Waals surface area contributed by atoms with Gasteiger partial charge in [0.2, 0.25) is 11.9 Å². The highest BCUT2D eigenvalue weighted by Gasteiger charge is 2.28. The first kappa shape index (κ1) is 21.8. The molecule has 2 aromatic carbocycles. The van der Waals surface area contributed by atoms with Crippen LogP contribution < -0.4 is 20.1 Å². The third-order valence-electron chi connectivity index (χ3n) is 4.97. The predicted molar refractivity (Wildman–Crippen MR) is 122 cm³/mol. The van der Waals surface area contributed by atoms with E-state index in [0.29, 0.717) is 24.1 Å². The van der Waals surface area contributed by atoms with Gasteiger partial charge in [-0.2, -0.15) is 10.1 Å². The van der Waals surface area contributed by atoms with Gasteiger partial charge in [0.25, 0.3) is 5.91 Å². The number of aromatic nitrogens is 3. The number of aryl methyl sites for hydroxylation is 1. The molecule has 0 spiro atoms. The molecule has 0 saturated heterocycles. The van der Waals surface area contributed by atoms with Crippen molar-refractivity contribution in [2.45, 2.75) is 26.3 Å². The first-order valence-electron chi connectivity index (χ1n) is 10.1. The van der Waals surface area contributed by atoms with E-state index in [2.05, 4.69) is 36.6 Å². The van der Waals surface area contributed by atoms with E-state index < -0.39 is 0 Å². The van der Waals surface area contributed by atoms with Gasteiger partial charge in [-0.1, -0.05) is 22.0 Å². The van der Waals surface area contributed by atoms with Crippen LogP contribution in [0.4, 0.5) is 11.6 Å². The lowest BCUT2D eigenvalue weighted by molar-refractivity contribution is -0.118. The van der Waals surface area contributed by atoms with Crippen LogP contribution in [-0.4, -0.2) is 39.8 Å². The van der Waals surface area contributed by atoms with E-state index >= 15 is 0 Å². The summed E-state index contributed by atoms with van der Waals surface area (Å²) in [4.78, 5) is 28.5. The number of nitrogens with zero attached hydrogens (tertiary/aromatic N) is 3. The summed E-state index contributed by atoms with van der Waals surface area (Å²) in [6.45, 7) is 4.03. The molecule has 1 aliphatic heterocycles. The zero-order chi connectivity index (χ0) is 22.7. The molecule has 1 aliphatic rings. The van der Waals surface area contributed by atoms with Crippen LogP contribution >= 0.6 is 15.9 Å². The standard InChI is InChI=1S/C22H22BrN5O4/c1-3-31-19-9-14(17-10-20(29)27-22-24-12-25-28(17)22)4-7-18(19)32-11-21(30)26-16-6-5-15(23)8-13(16)2/h4-9,12,17H,3,10-11H2,1-2H3,(H,26,30)(H,24,25,27,29)/t17-/m1/s1. The number of nitrogens with one attached hydrogen (secondary N) is 2. The highest BCUT2D eigenvalue weighted by Crippen LogP contribution is 2.35. The van der Waals surface area contributed by atoms with Gasteiger partial charge in [-0.25, -0.2) is 4.68 Å². The zero-order valence-electron chi connectivity index (χ0n) is 17.6. The molecular formula is C22H22BrN5O4. The fourth-order valence-electron chi connectivity index (χ4n) is 3.48. The summed E-state index contributed by atoms with van der Waals surface area (Å²) in [6.07, 6.45) is 1.64. The van der Waals surface area contributed by atoms with Crippen molar-refractivity contribution >= 4 is 39.4 Å². The maximum Gasteiger partial charge on any atom is 0.262 e. The lowest BCUT2D eigenvalue weighted by Gasteiger charge is -2.24. The Morgan fingerprint density at radius 3 is 2.88 bits per heavy atom. The molecule has 2 heterocycles. The smallest absolute Gasteiger partial charge is 0.262 e. The Kier molecular flexibility index (Phi) is 6.40. The number of benzene rings is 2. The van der Waals surface area contributed by atoms with Crippen molar-refractivity contribution in [3.63, 3.8) is 0 Å². The van der Waals surface area contributed by atoms with Crippen LogP contribution in [0.25, 0.3) is 0 Å². The molecule has 1 aromatic heterocycles. The largest absolute Gasteiger partial charge is 0.490 e. The van der Waals surface area contributed by atoms with Crippen LogP contribution in [0.5, 0.6) is 11.5 Å². The van der Waals surface area contributed by atoms with Crippen LogP contribution in [0.1, 0.15) is 30.5 Å². The Morgan fingerprint density at radius 1 is 1.25 bits per heavy atom. The van der Waals surface area contributed by atoms with Gasteiger partial charge < -0.3 is 14.8 Å². The van der Waals surface area contributed by atoms with Gasteiger partial charge in [0.05, 0.1) is 19.1 Å². The summed E-state index contributed by atoms with van der Waals surface area (Å²) in [7, 11) is 0. The number of rotatable bonds is 7. The fraction of sp³-hybridized carbons (Fsp3) is 0.273. The number of carbonyl (C=O) groups is 2. The molecule has 0 saturated carbocycles. The number of hydrogen-bond donors (Lipinski definition) is 2. The van der Waals surface area contributed by atoms with E-state index in [1.165, 1.54) is 6.33 Å². The van der Waals surface area contributed by atoms with E-state index in [1.54, 1.807) is 10.7 Å². The van der Waals surface area contributed by atoms with Crippen molar-refractivity contribution in [1.29, 1.82) is 0 Å². The molecule has 9 nitrogen and oxygen atoms in total. The zero-order valence-corrected chi connectivity index (χ0v) is 19.2. The molecular weight excluding hydrogens is 478 g/mol. The summed E-state index contributed by atoms with van der Waals surface area (Å²) in [6, 6.07) is 10.7. The number of halogens is 1. The minimum absolute atomic E-state index is 0.131. The van der Waals surface area contributed by atoms with Crippen LogP contribution in [0, 0.1) is 6.92 Å². The monoisotopic (exact) mass is 499 g/mol. The van der Waals surface area contributed by atoms with E-state index in [1.807, 2.05) is 44.2 Å². The number of anilines is 2. The lowest BCUT2D eigenvalue weighted by atomic mass is 10.0. The minimum atomic E-state index is -0.307. The number of ether oxygens (including phenoxy) is 2. The van der Waals surface area contributed by atoms with Crippen molar-refractivity contribution in [2.75, 3.05) is 23.8 Å². The first-order valence-corrected chi connectivity index (χ1v) is 10.9. The number of amides is 2. The van der Waals surface area contributed by atoms with E-state index in [-0.39, 0.29) is 30.9 Å². The van der Waals surface area contributed by atoms with Gasteiger partial charge in [0.1, 0.15) is 6.33 Å². The van der Waals surface area contributed by atoms with Crippen molar-refractivity contribution in [1.82, 2.24) is 14.8 Å². The molecule has 166 valence electrons. The maximum absolute atomic E-state index is 12.4. The van der Waals surface area contributed by atoms with Gasteiger partial charge in [0, 0.05) is 10.2 Å². The summed E-state index contributed by atoms with van der Waals surface area (Å²) >= 11 is 3.41. The quantitative estimate of drug-likeness (QED) is 0.513. The minimum Gasteiger partial charge on any atom is -0.490 e. The highest BCUT2D eigenvalue weighted by atomic mass is 79.9. The molecule has 1 atom stereocenters. The number of carbonyl (C=O) groups excluding carboxylic acids is 2. The summed E-state index contributed by atoms with van der Waals surface area (Å²) in [5.74, 6) is 0.930. The van der Waals surface area contributed by atoms with E-state index in [9.17, 15) is 9.59 Å². The Morgan fingerprint density at radius 2 is 2.09 bits per heavy atom. The van der Waals surface area contributed by atoms with E-state index in [0.717, 1.165) is 21.3 Å². The Bertz CT molecular complexity index is 1160. The normalized spacial score (nSPS) is 15.0. The topological polar surface area (TPSA) is 107 Å². The second-order valence-electron chi connectivity index (χ2n) is 7.23. The Labute approximate surface area is 193 Å². The Hall–Kier alpha value is -3.40. The maximum atomic E-state index is 12.4. The van der Waals surface area contributed by atoms with Crippen LogP contribution in [0.3, 0.4) is 0 Å². The van der Waals surface area contributed by atoms with Crippen molar-refractivity contribution in [3.05, 3.63) is 58.3 Å². The molecule has 32 heavy (non-hydrogen) atoms. The number of hydrogen-bond acceptors (Lipinski definition) is 6. The third-order valence-corrected chi connectivity index (χ3v) is 5.47. The highest BCUT2D eigenvalue weighted by molar-refractivity contribution is 9.10. The van der Waals surface area contributed by atoms with Crippen LogP contribution in [-0.2, 0) is 9.59 Å². The molecule has 2 amide bonds. The number of fused-ring (bicyclic) bond motifs is 1. The average molecular weight is 500 g/mol. The predicted octanol–water partition coefficient (Wildman–Crippen LogP) is 3.70. The molecule has 0 radical (unpaired) electrons. The first-order chi connectivity index (χ1) is 15.4. The van der Waals surface area contributed by atoms with Crippen molar-refractivity contribution < 1.29 is 19.1 Å². The van der Waals surface area contributed by atoms with Gasteiger partial charge in [0.15, 0.2) is 18.1 Å². The van der Waals surface area contributed by atoms with Crippen molar-refractivity contribution in [3.8, 4) is 11.5 Å². The van der Waals surface area contributed by atoms with Crippen LogP contribution in [0.15, 0.2) is 47.2 Å². The average Bonchev–Trinajstić information content (AvgIpc) is 3.23.